The third kappa shape index (κ3) is 2.70. The van der Waals surface area contributed by atoms with Crippen molar-refractivity contribution in [2.24, 2.45) is 11.7 Å². The minimum atomic E-state index is -3.71. The van der Waals surface area contributed by atoms with Crippen molar-refractivity contribution in [2.75, 3.05) is 0 Å². The van der Waals surface area contributed by atoms with Crippen molar-refractivity contribution in [3.8, 4) is 0 Å². The minimum Gasteiger partial charge on any atom is -0.368 e. The average Bonchev–Trinajstić information content (AvgIpc) is 2.88. The fourth-order valence-corrected chi connectivity index (χ4v) is 5.88. The Kier molecular flexibility index (Phi) is 4.31. The van der Waals surface area contributed by atoms with Gasteiger partial charge in [0.2, 0.25) is 15.9 Å². The lowest BCUT2D eigenvalue weighted by Crippen LogP contribution is -2.48. The summed E-state index contributed by atoms with van der Waals surface area (Å²) in [6.45, 7) is 0. The van der Waals surface area contributed by atoms with Gasteiger partial charge in [0.25, 0.3) is 0 Å². The number of nitrogens with two attached hydrogens (primary N) is 1. The van der Waals surface area contributed by atoms with Gasteiger partial charge in [-0.05, 0) is 49.4 Å². The molecule has 22 heavy (non-hydrogen) atoms. The molecule has 0 aromatic heterocycles. The molecule has 0 radical (unpaired) electrons. The van der Waals surface area contributed by atoms with Crippen LogP contribution >= 0.6 is 15.9 Å². The van der Waals surface area contributed by atoms with E-state index in [1.54, 1.807) is 24.3 Å². The molecule has 2 N–H and O–H groups in total. The highest BCUT2D eigenvalue weighted by molar-refractivity contribution is 9.10. The Morgan fingerprint density at radius 3 is 2.45 bits per heavy atom. The maximum absolute atomic E-state index is 13.0. The van der Waals surface area contributed by atoms with Crippen molar-refractivity contribution in [3.05, 3.63) is 28.7 Å². The first-order chi connectivity index (χ1) is 10.4. The van der Waals surface area contributed by atoms with E-state index in [1.165, 1.54) is 4.31 Å². The predicted molar refractivity (Wildman–Crippen MR) is 86.5 cm³/mol. The van der Waals surface area contributed by atoms with Crippen LogP contribution < -0.4 is 5.73 Å². The molecule has 1 aromatic carbocycles. The largest absolute Gasteiger partial charge is 0.368 e. The average molecular weight is 387 g/mol. The lowest BCUT2D eigenvalue weighted by atomic mass is 9.85. The summed E-state index contributed by atoms with van der Waals surface area (Å²) >= 11 is 3.30. The quantitative estimate of drug-likeness (QED) is 0.864. The number of hydrogen-bond acceptors (Lipinski definition) is 3. The Balaban J connectivity index is 2.01. The van der Waals surface area contributed by atoms with E-state index in [4.69, 9.17) is 5.73 Å². The second-order valence-electron chi connectivity index (χ2n) is 6.05. The Hall–Kier alpha value is -0.920. The number of hydrogen-bond donors (Lipinski definition) is 1. The zero-order chi connectivity index (χ0) is 15.9. The van der Waals surface area contributed by atoms with Crippen molar-refractivity contribution >= 4 is 31.9 Å². The molecule has 1 amide bonds. The molecule has 1 aliphatic carbocycles. The molecule has 5 nitrogen and oxygen atoms in total. The van der Waals surface area contributed by atoms with Crippen LogP contribution in [0.5, 0.6) is 0 Å². The molecule has 1 aromatic rings. The van der Waals surface area contributed by atoms with Crippen molar-refractivity contribution in [2.45, 2.75) is 49.1 Å². The molecule has 0 spiro atoms. The zero-order valence-electron chi connectivity index (χ0n) is 12.1. The lowest BCUT2D eigenvalue weighted by Gasteiger charge is -2.32. The van der Waals surface area contributed by atoms with Gasteiger partial charge in [0.15, 0.2) is 0 Å². The van der Waals surface area contributed by atoms with Crippen molar-refractivity contribution in [3.63, 3.8) is 0 Å². The summed E-state index contributed by atoms with van der Waals surface area (Å²) in [5.41, 5.74) is 5.49. The van der Waals surface area contributed by atoms with Gasteiger partial charge in [0.1, 0.15) is 6.04 Å². The molecular formula is C15H19BrN2O3S. The highest BCUT2D eigenvalue weighted by Gasteiger charge is 2.50. The second kappa shape index (κ2) is 5.94. The molecule has 0 bridgehead atoms. The van der Waals surface area contributed by atoms with Crippen molar-refractivity contribution in [1.29, 1.82) is 0 Å². The highest BCUT2D eigenvalue weighted by Crippen LogP contribution is 2.42. The van der Waals surface area contributed by atoms with Gasteiger partial charge in [0.05, 0.1) is 4.90 Å². The Morgan fingerprint density at radius 2 is 1.82 bits per heavy atom. The molecule has 0 unspecified atom stereocenters. The van der Waals surface area contributed by atoms with Gasteiger partial charge in [-0.15, -0.1) is 0 Å². The summed E-state index contributed by atoms with van der Waals surface area (Å²) < 4.78 is 28.2. The molecule has 1 saturated carbocycles. The first-order valence-corrected chi connectivity index (χ1v) is 9.73. The first kappa shape index (κ1) is 16.0. The summed E-state index contributed by atoms with van der Waals surface area (Å²) in [6.07, 6.45) is 4.43. The summed E-state index contributed by atoms with van der Waals surface area (Å²) in [5, 5.41) is 0. The monoisotopic (exact) mass is 386 g/mol. The third-order valence-electron chi connectivity index (χ3n) is 4.75. The zero-order valence-corrected chi connectivity index (χ0v) is 14.5. The van der Waals surface area contributed by atoms with Crippen LogP contribution in [0.4, 0.5) is 0 Å². The number of halogens is 1. The van der Waals surface area contributed by atoms with Crippen LogP contribution in [0.2, 0.25) is 0 Å². The Morgan fingerprint density at radius 1 is 1.18 bits per heavy atom. The van der Waals surface area contributed by atoms with Gasteiger partial charge in [0, 0.05) is 10.5 Å². The fraction of sp³-hybridized carbons (Fsp3) is 0.533. The molecule has 1 saturated heterocycles. The number of fused-ring (bicyclic) bond motifs is 1. The number of carbonyl (C=O) groups excluding carboxylic acids is 1. The van der Waals surface area contributed by atoms with Gasteiger partial charge in [-0.2, -0.15) is 4.31 Å². The smallest absolute Gasteiger partial charge is 0.244 e. The molecule has 120 valence electrons. The SMILES string of the molecule is NC(=O)[C@@H]1C[C@H]2CCCC[C@H]2N1S(=O)(=O)c1ccc(Br)cc1. The number of primary amides is 1. The lowest BCUT2D eigenvalue weighted by molar-refractivity contribution is -0.121. The topological polar surface area (TPSA) is 80.5 Å². The molecule has 7 heteroatoms. The summed E-state index contributed by atoms with van der Waals surface area (Å²) in [4.78, 5) is 12.0. The van der Waals surface area contributed by atoms with Gasteiger partial charge in [-0.3, -0.25) is 4.79 Å². The Bertz CT molecular complexity index is 675. The van der Waals surface area contributed by atoms with E-state index in [0.717, 1.165) is 30.2 Å². The van der Waals surface area contributed by atoms with E-state index in [0.29, 0.717) is 6.42 Å². The highest BCUT2D eigenvalue weighted by atomic mass is 79.9. The predicted octanol–water partition coefficient (Wildman–Crippen LogP) is 2.26. The number of carbonyl (C=O) groups is 1. The van der Waals surface area contributed by atoms with Crippen LogP contribution in [0.3, 0.4) is 0 Å². The van der Waals surface area contributed by atoms with E-state index in [-0.39, 0.29) is 16.9 Å². The first-order valence-electron chi connectivity index (χ1n) is 7.49. The number of rotatable bonds is 3. The Labute approximate surface area is 139 Å². The normalized spacial score (nSPS) is 29.2. The number of amides is 1. The van der Waals surface area contributed by atoms with Crippen LogP contribution in [-0.4, -0.2) is 30.7 Å². The number of sulfonamides is 1. The van der Waals surface area contributed by atoms with Crippen LogP contribution in [0.25, 0.3) is 0 Å². The van der Waals surface area contributed by atoms with Gasteiger partial charge in [-0.1, -0.05) is 28.8 Å². The van der Waals surface area contributed by atoms with Crippen LogP contribution in [-0.2, 0) is 14.8 Å². The van der Waals surface area contributed by atoms with E-state index in [9.17, 15) is 13.2 Å². The van der Waals surface area contributed by atoms with E-state index >= 15 is 0 Å². The standard InChI is InChI=1S/C15H19BrN2O3S/c16-11-5-7-12(8-6-11)22(20,21)18-13-4-2-1-3-10(13)9-14(18)15(17)19/h5-8,10,13-14H,1-4,9H2,(H2,17,19)/t10-,13-,14+/m1/s1. The summed E-state index contributed by atoms with van der Waals surface area (Å²) in [6, 6.07) is 5.70. The fourth-order valence-electron chi connectivity index (χ4n) is 3.74. The minimum absolute atomic E-state index is 0.0973. The molecule has 3 atom stereocenters. The van der Waals surface area contributed by atoms with Gasteiger partial charge < -0.3 is 5.73 Å². The molecule has 2 fully saturated rings. The maximum Gasteiger partial charge on any atom is 0.244 e. The van der Waals surface area contributed by atoms with E-state index in [1.807, 2.05) is 0 Å². The van der Waals surface area contributed by atoms with Gasteiger partial charge in [-0.25, -0.2) is 8.42 Å². The number of nitrogens with zero attached hydrogens (tertiary/aromatic N) is 1. The second-order valence-corrected chi connectivity index (χ2v) is 8.81. The van der Waals surface area contributed by atoms with Gasteiger partial charge >= 0.3 is 0 Å². The summed E-state index contributed by atoms with van der Waals surface area (Å²) in [5.74, 6) is -0.299. The van der Waals surface area contributed by atoms with Crippen molar-refractivity contribution < 1.29 is 13.2 Å². The van der Waals surface area contributed by atoms with E-state index in [2.05, 4.69) is 15.9 Å². The summed E-state index contributed by atoms with van der Waals surface area (Å²) in [7, 11) is -3.71. The number of benzene rings is 1. The molecule has 3 rings (SSSR count). The van der Waals surface area contributed by atoms with E-state index < -0.39 is 22.0 Å². The molecule has 1 aliphatic heterocycles. The third-order valence-corrected chi connectivity index (χ3v) is 7.22. The van der Waals surface area contributed by atoms with Crippen molar-refractivity contribution in [1.82, 2.24) is 4.31 Å². The molecule has 2 aliphatic rings. The van der Waals surface area contributed by atoms with Crippen LogP contribution in [0, 0.1) is 5.92 Å². The van der Waals surface area contributed by atoms with Crippen LogP contribution in [0.15, 0.2) is 33.6 Å². The molecule has 1 heterocycles. The molecular weight excluding hydrogens is 368 g/mol. The maximum atomic E-state index is 13.0. The van der Waals surface area contributed by atoms with Crippen LogP contribution in [0.1, 0.15) is 32.1 Å².